The van der Waals surface area contributed by atoms with E-state index in [-0.39, 0.29) is 12.4 Å². The molecule has 20 heavy (non-hydrogen) atoms. The first-order chi connectivity index (χ1) is 9.33. The van der Waals surface area contributed by atoms with Gasteiger partial charge in [-0.2, -0.15) is 0 Å². The Labute approximate surface area is 129 Å². The van der Waals surface area contributed by atoms with Crippen LogP contribution in [0.15, 0.2) is 46.1 Å². The minimum atomic E-state index is 0. The summed E-state index contributed by atoms with van der Waals surface area (Å²) in [5.41, 5.74) is 2.19. The zero-order valence-electron chi connectivity index (χ0n) is 11.4. The van der Waals surface area contributed by atoms with Crippen LogP contribution in [0.4, 0.5) is 16.5 Å². The highest BCUT2D eigenvalue weighted by molar-refractivity contribution is 7.12. The van der Waals surface area contributed by atoms with Gasteiger partial charge < -0.3 is 17.3 Å². The van der Waals surface area contributed by atoms with Crippen LogP contribution in [0.2, 0.25) is 0 Å². The Kier molecular flexibility index (Phi) is 5.09. The molecule has 0 atom stereocenters. The van der Waals surface area contributed by atoms with Crippen LogP contribution in [0.25, 0.3) is 0 Å². The van der Waals surface area contributed by atoms with Gasteiger partial charge in [0, 0.05) is 24.2 Å². The van der Waals surface area contributed by atoms with Crippen LogP contribution < -0.4 is 21.9 Å². The maximum absolute atomic E-state index is 4.27. The lowest BCUT2D eigenvalue weighted by molar-refractivity contribution is -0.654. The second-order valence-electron chi connectivity index (χ2n) is 4.71. The van der Waals surface area contributed by atoms with Crippen LogP contribution >= 0.6 is 11.3 Å². The lowest BCUT2D eigenvalue weighted by atomic mass is 10.2. The zero-order chi connectivity index (χ0) is 13.1. The molecule has 6 heteroatoms. The molecule has 1 aromatic heterocycles. The average molecular weight is 309 g/mol. The number of rotatable bonds is 3. The summed E-state index contributed by atoms with van der Waals surface area (Å²) >= 11 is 1.59. The predicted octanol–water partition coefficient (Wildman–Crippen LogP) is 0.592. The van der Waals surface area contributed by atoms with E-state index >= 15 is 0 Å². The Morgan fingerprint density at radius 2 is 1.80 bits per heavy atom. The molecule has 0 spiro atoms. The quantitative estimate of drug-likeness (QED) is 0.603. The molecule has 2 heterocycles. The molecule has 4 nitrogen and oxygen atoms in total. The molecule has 1 saturated heterocycles. The molecule has 0 unspecified atom stereocenters. The third-order valence-electron chi connectivity index (χ3n) is 3.33. The highest BCUT2D eigenvalue weighted by Gasteiger charge is 2.12. The molecule has 2 aromatic rings. The minimum absolute atomic E-state index is 0. The third-order valence-corrected chi connectivity index (χ3v) is 4.17. The minimum Gasteiger partial charge on any atom is -1.00 e. The number of benzene rings is 1. The molecule has 0 saturated carbocycles. The Bertz CT molecular complexity index is 573. The Hall–Kier alpha value is -1.46. The van der Waals surface area contributed by atoms with Gasteiger partial charge in [-0.25, -0.2) is 4.57 Å². The van der Waals surface area contributed by atoms with Gasteiger partial charge in [0.15, 0.2) is 0 Å². The number of halogens is 1. The van der Waals surface area contributed by atoms with Crippen LogP contribution in [0.3, 0.4) is 0 Å². The van der Waals surface area contributed by atoms with E-state index in [0.29, 0.717) is 0 Å². The zero-order valence-corrected chi connectivity index (χ0v) is 12.9. The van der Waals surface area contributed by atoms with E-state index in [9.17, 15) is 0 Å². The van der Waals surface area contributed by atoms with Crippen LogP contribution in [0.5, 0.6) is 0 Å². The van der Waals surface area contributed by atoms with Crippen molar-refractivity contribution in [1.82, 2.24) is 0 Å². The maximum atomic E-state index is 4.27. The van der Waals surface area contributed by atoms with Gasteiger partial charge in [-0.1, -0.05) is 0 Å². The van der Waals surface area contributed by atoms with Crippen molar-refractivity contribution in [3.63, 3.8) is 0 Å². The molecule has 0 bridgehead atoms. The molecule has 0 radical (unpaired) electrons. The lowest BCUT2D eigenvalue weighted by Crippen LogP contribution is -3.00. The van der Waals surface area contributed by atoms with Gasteiger partial charge in [0.25, 0.3) is 0 Å². The molecule has 0 amide bonds. The molecular weight excluding hydrogens is 292 g/mol. The fraction of sp³-hybridized carbons (Fsp3) is 0.357. The summed E-state index contributed by atoms with van der Waals surface area (Å²) in [6.07, 6.45) is 4.59. The van der Waals surface area contributed by atoms with Gasteiger partial charge in [0.1, 0.15) is 11.9 Å². The Morgan fingerprint density at radius 3 is 2.40 bits per heavy atom. The molecule has 1 fully saturated rings. The van der Waals surface area contributed by atoms with Gasteiger partial charge in [0.2, 0.25) is 0 Å². The number of aryl methyl sites for hydroxylation is 1. The van der Waals surface area contributed by atoms with E-state index < -0.39 is 0 Å². The van der Waals surface area contributed by atoms with Crippen molar-refractivity contribution in [2.75, 3.05) is 18.0 Å². The van der Waals surface area contributed by atoms with Crippen molar-refractivity contribution in [2.45, 2.75) is 12.8 Å². The monoisotopic (exact) mass is 308 g/mol. The van der Waals surface area contributed by atoms with Crippen molar-refractivity contribution >= 4 is 27.8 Å². The van der Waals surface area contributed by atoms with E-state index in [4.69, 9.17) is 0 Å². The van der Waals surface area contributed by atoms with E-state index in [0.717, 1.165) is 10.8 Å². The van der Waals surface area contributed by atoms with Gasteiger partial charge >= 0.3 is 5.13 Å². The maximum Gasteiger partial charge on any atom is 0.408 e. The first-order valence-electron chi connectivity index (χ1n) is 6.53. The largest absolute Gasteiger partial charge is 1.00 e. The third kappa shape index (κ3) is 3.35. The number of azo groups is 1. The van der Waals surface area contributed by atoms with Crippen molar-refractivity contribution in [1.29, 1.82) is 0 Å². The van der Waals surface area contributed by atoms with Crippen LogP contribution in [-0.2, 0) is 7.05 Å². The van der Waals surface area contributed by atoms with Crippen LogP contribution in [0.1, 0.15) is 12.8 Å². The molecule has 3 rings (SSSR count). The highest BCUT2D eigenvalue weighted by atomic mass is 35.5. The van der Waals surface area contributed by atoms with Crippen molar-refractivity contribution in [3.8, 4) is 0 Å². The standard InChI is InChI=1S/C14H17N4S.ClH/c1-17-10-11-19-14(17)16-15-12-4-6-13(7-5-12)18-8-2-3-9-18;/h4-7,10-11H,2-3,8-9H2,1H3;1H/q+1;/p-1. The fourth-order valence-corrected chi connectivity index (χ4v) is 2.91. The van der Waals surface area contributed by atoms with E-state index in [1.807, 2.05) is 35.3 Å². The predicted molar refractivity (Wildman–Crippen MR) is 77.6 cm³/mol. The molecular formula is C14H17ClN4S. The van der Waals surface area contributed by atoms with Crippen LogP contribution in [-0.4, -0.2) is 13.1 Å². The molecule has 0 N–H and O–H groups in total. The number of hydrogen-bond acceptors (Lipinski definition) is 4. The highest BCUT2D eigenvalue weighted by Crippen LogP contribution is 2.24. The van der Waals surface area contributed by atoms with E-state index in [1.165, 1.54) is 31.6 Å². The van der Waals surface area contributed by atoms with E-state index in [2.05, 4.69) is 27.3 Å². The Morgan fingerprint density at radius 1 is 1.10 bits per heavy atom. The summed E-state index contributed by atoms with van der Waals surface area (Å²) in [4.78, 5) is 2.42. The van der Waals surface area contributed by atoms with Gasteiger partial charge in [0.05, 0.1) is 12.2 Å². The van der Waals surface area contributed by atoms with Crippen molar-refractivity contribution in [3.05, 3.63) is 35.8 Å². The Balaban J connectivity index is 0.00000147. The summed E-state index contributed by atoms with van der Waals surface area (Å²) in [6, 6.07) is 8.33. The average Bonchev–Trinajstić information content (AvgIpc) is 3.09. The topological polar surface area (TPSA) is 31.8 Å². The fourth-order valence-electron chi connectivity index (χ4n) is 2.23. The van der Waals surface area contributed by atoms with Gasteiger partial charge in [-0.3, -0.25) is 0 Å². The summed E-state index contributed by atoms with van der Waals surface area (Å²) < 4.78 is 1.97. The molecule has 0 aliphatic carbocycles. The van der Waals surface area contributed by atoms with Gasteiger partial charge in [-0.05, 0) is 53.6 Å². The first-order valence-corrected chi connectivity index (χ1v) is 7.41. The summed E-state index contributed by atoms with van der Waals surface area (Å²) in [6.45, 7) is 2.35. The molecule has 1 aliphatic heterocycles. The molecule has 1 aliphatic rings. The summed E-state index contributed by atoms with van der Waals surface area (Å²) in [5, 5.41) is 11.4. The van der Waals surface area contributed by atoms with Crippen molar-refractivity contribution in [2.24, 2.45) is 17.3 Å². The second-order valence-corrected chi connectivity index (χ2v) is 5.58. The van der Waals surface area contributed by atoms with Crippen molar-refractivity contribution < 1.29 is 17.0 Å². The lowest BCUT2D eigenvalue weighted by Gasteiger charge is -2.16. The summed E-state index contributed by atoms with van der Waals surface area (Å²) in [5.74, 6) is 0. The SMILES string of the molecule is C[n+]1ccsc1N=Nc1ccc(N2CCCC2)cc1.[Cl-]. The van der Waals surface area contributed by atoms with Gasteiger partial charge in [-0.15, -0.1) is 0 Å². The smallest absolute Gasteiger partial charge is 0.408 e. The summed E-state index contributed by atoms with van der Waals surface area (Å²) in [7, 11) is 1.97. The number of hydrogen-bond donors (Lipinski definition) is 0. The first kappa shape index (κ1) is 14.9. The number of anilines is 1. The number of nitrogens with zero attached hydrogens (tertiary/aromatic N) is 4. The van der Waals surface area contributed by atoms with Crippen LogP contribution in [0, 0.1) is 0 Å². The second kappa shape index (κ2) is 6.81. The number of thiazole rings is 1. The normalized spacial score (nSPS) is 14.8. The molecule has 106 valence electrons. The number of aromatic nitrogens is 1. The molecule has 1 aromatic carbocycles. The van der Waals surface area contributed by atoms with E-state index in [1.54, 1.807) is 11.3 Å².